The number of anilines is 1. The van der Waals surface area contributed by atoms with Crippen molar-refractivity contribution in [2.75, 3.05) is 5.32 Å². The monoisotopic (exact) mass is 305 g/mol. The molecular weight excluding hydrogens is 286 g/mol. The Labute approximate surface area is 128 Å². The highest BCUT2D eigenvalue weighted by molar-refractivity contribution is 7.11. The van der Waals surface area contributed by atoms with E-state index in [1.807, 2.05) is 12.3 Å². The lowest BCUT2D eigenvalue weighted by molar-refractivity contribution is 0.199. The van der Waals surface area contributed by atoms with Crippen LogP contribution in [-0.2, 0) is 13.0 Å². The Morgan fingerprint density at radius 1 is 1.48 bits per heavy atom. The second kappa shape index (κ2) is 7.19. The number of hydrogen-bond donors (Lipinski definition) is 3. The highest BCUT2D eigenvalue weighted by atomic mass is 32.1. The van der Waals surface area contributed by atoms with Crippen LogP contribution in [0.15, 0.2) is 30.5 Å². The summed E-state index contributed by atoms with van der Waals surface area (Å²) in [5.41, 5.74) is 1.42. The quantitative estimate of drug-likeness (QED) is 0.794. The van der Waals surface area contributed by atoms with E-state index >= 15 is 0 Å². The zero-order valence-electron chi connectivity index (χ0n) is 12.1. The molecule has 0 aliphatic heterocycles. The predicted molar refractivity (Wildman–Crippen MR) is 84.4 cm³/mol. The molecule has 1 aromatic carbocycles. The molecular formula is C15H19N3O2S. The summed E-state index contributed by atoms with van der Waals surface area (Å²) in [4.78, 5) is 17.3. The van der Waals surface area contributed by atoms with Gasteiger partial charge in [-0.15, -0.1) is 11.3 Å². The number of thiazole rings is 1. The number of aliphatic hydroxyl groups is 1. The van der Waals surface area contributed by atoms with Gasteiger partial charge >= 0.3 is 6.03 Å². The molecule has 0 spiro atoms. The van der Waals surface area contributed by atoms with Crippen LogP contribution >= 0.6 is 11.3 Å². The topological polar surface area (TPSA) is 74.2 Å². The molecule has 5 nitrogen and oxygen atoms in total. The number of carbonyl (C=O) groups excluding carboxylic acids is 1. The summed E-state index contributed by atoms with van der Waals surface area (Å²) < 4.78 is 0. The van der Waals surface area contributed by atoms with Gasteiger partial charge in [0.25, 0.3) is 0 Å². The minimum Gasteiger partial charge on any atom is -0.389 e. The fourth-order valence-electron chi connectivity index (χ4n) is 1.80. The average Bonchev–Trinajstić information content (AvgIpc) is 2.93. The number of aliphatic hydroxyl groups excluding tert-OH is 1. The molecule has 0 aliphatic rings. The van der Waals surface area contributed by atoms with Gasteiger partial charge in [0.05, 0.1) is 12.6 Å². The van der Waals surface area contributed by atoms with Crippen molar-refractivity contribution in [2.24, 2.45) is 0 Å². The van der Waals surface area contributed by atoms with Crippen molar-refractivity contribution < 1.29 is 9.90 Å². The van der Waals surface area contributed by atoms with E-state index in [0.717, 1.165) is 17.0 Å². The highest BCUT2D eigenvalue weighted by Crippen LogP contribution is 2.17. The third kappa shape index (κ3) is 4.54. The normalized spacial score (nSPS) is 12.0. The molecule has 2 aromatic rings. The second-order valence-electron chi connectivity index (χ2n) is 4.68. The van der Waals surface area contributed by atoms with E-state index in [9.17, 15) is 9.90 Å². The van der Waals surface area contributed by atoms with E-state index < -0.39 is 6.10 Å². The SMILES string of the molecule is CCc1cnc(CNC(=O)Nc2cccc(C(C)O)c2)s1. The fraction of sp³-hybridized carbons (Fsp3) is 0.333. The number of benzene rings is 1. The molecule has 2 amide bonds. The van der Waals surface area contributed by atoms with Crippen LogP contribution in [0.5, 0.6) is 0 Å². The molecule has 112 valence electrons. The summed E-state index contributed by atoms with van der Waals surface area (Å²) in [6, 6.07) is 6.86. The van der Waals surface area contributed by atoms with E-state index in [2.05, 4.69) is 22.5 Å². The Balaban J connectivity index is 1.88. The van der Waals surface area contributed by atoms with Crippen molar-refractivity contribution in [2.45, 2.75) is 32.9 Å². The summed E-state index contributed by atoms with van der Waals surface area (Å²) in [6.45, 7) is 4.17. The zero-order chi connectivity index (χ0) is 15.2. The summed E-state index contributed by atoms with van der Waals surface area (Å²) in [5.74, 6) is 0. The van der Waals surface area contributed by atoms with Gasteiger partial charge in [-0.1, -0.05) is 19.1 Å². The van der Waals surface area contributed by atoms with Gasteiger partial charge in [-0.25, -0.2) is 9.78 Å². The first-order valence-corrected chi connectivity index (χ1v) is 7.66. The number of nitrogens with zero attached hydrogens (tertiary/aromatic N) is 1. The molecule has 2 rings (SSSR count). The molecule has 21 heavy (non-hydrogen) atoms. The number of amides is 2. The third-order valence-corrected chi connectivity index (χ3v) is 4.12. The number of rotatable bonds is 5. The highest BCUT2D eigenvalue weighted by Gasteiger charge is 2.06. The molecule has 0 saturated heterocycles. The standard InChI is InChI=1S/C15H19N3O2S/c1-3-13-8-16-14(21-13)9-17-15(20)18-12-6-4-5-11(7-12)10(2)19/h4-8,10,19H,3,9H2,1-2H3,(H2,17,18,20). The first kappa shape index (κ1) is 15.5. The molecule has 0 saturated carbocycles. The molecule has 0 aliphatic carbocycles. The Morgan fingerprint density at radius 3 is 2.95 bits per heavy atom. The maximum Gasteiger partial charge on any atom is 0.319 e. The maximum atomic E-state index is 11.8. The molecule has 0 bridgehead atoms. The molecule has 6 heteroatoms. The summed E-state index contributed by atoms with van der Waals surface area (Å²) in [7, 11) is 0. The van der Waals surface area contributed by atoms with E-state index in [0.29, 0.717) is 12.2 Å². The number of aryl methyl sites for hydroxylation is 1. The number of nitrogens with one attached hydrogen (secondary N) is 2. The van der Waals surface area contributed by atoms with E-state index in [1.54, 1.807) is 36.5 Å². The molecule has 1 unspecified atom stereocenters. The Morgan fingerprint density at radius 2 is 2.29 bits per heavy atom. The zero-order valence-corrected chi connectivity index (χ0v) is 12.9. The van der Waals surface area contributed by atoms with E-state index in [1.165, 1.54) is 4.88 Å². The molecule has 0 radical (unpaired) electrons. The van der Waals surface area contributed by atoms with Gasteiger partial charge in [-0.2, -0.15) is 0 Å². The van der Waals surface area contributed by atoms with Crippen LogP contribution in [0.3, 0.4) is 0 Å². The molecule has 0 fully saturated rings. The smallest absolute Gasteiger partial charge is 0.319 e. The van der Waals surface area contributed by atoms with Gasteiger partial charge in [-0.3, -0.25) is 0 Å². The van der Waals surface area contributed by atoms with Crippen LogP contribution in [0.25, 0.3) is 0 Å². The van der Waals surface area contributed by atoms with E-state index in [-0.39, 0.29) is 6.03 Å². The number of urea groups is 1. The number of aromatic nitrogens is 1. The molecule has 3 N–H and O–H groups in total. The molecule has 1 aromatic heterocycles. The van der Waals surface area contributed by atoms with Crippen molar-refractivity contribution in [3.05, 3.63) is 45.9 Å². The van der Waals surface area contributed by atoms with Crippen LogP contribution in [0.2, 0.25) is 0 Å². The van der Waals surface area contributed by atoms with Gasteiger partial charge in [0, 0.05) is 16.8 Å². The predicted octanol–water partition coefficient (Wildman–Crippen LogP) is 3.08. The van der Waals surface area contributed by atoms with E-state index in [4.69, 9.17) is 0 Å². The van der Waals surface area contributed by atoms with Gasteiger partial charge in [0.2, 0.25) is 0 Å². The largest absolute Gasteiger partial charge is 0.389 e. The second-order valence-corrected chi connectivity index (χ2v) is 5.88. The van der Waals surface area contributed by atoms with Gasteiger partial charge in [0.1, 0.15) is 5.01 Å². The van der Waals surface area contributed by atoms with Crippen molar-refractivity contribution in [1.29, 1.82) is 0 Å². The van der Waals surface area contributed by atoms with Crippen LogP contribution in [0.4, 0.5) is 10.5 Å². The lowest BCUT2D eigenvalue weighted by Crippen LogP contribution is -2.28. The first-order valence-electron chi connectivity index (χ1n) is 6.85. The Hall–Kier alpha value is -1.92. The average molecular weight is 305 g/mol. The lowest BCUT2D eigenvalue weighted by Gasteiger charge is -2.09. The third-order valence-electron chi connectivity index (χ3n) is 2.98. The van der Waals surface area contributed by atoms with Crippen LogP contribution in [-0.4, -0.2) is 16.1 Å². The van der Waals surface area contributed by atoms with Crippen LogP contribution in [0.1, 0.15) is 35.4 Å². The van der Waals surface area contributed by atoms with Crippen molar-refractivity contribution in [3.8, 4) is 0 Å². The van der Waals surface area contributed by atoms with Crippen molar-refractivity contribution in [3.63, 3.8) is 0 Å². The minimum atomic E-state index is -0.558. The van der Waals surface area contributed by atoms with Crippen molar-refractivity contribution >= 4 is 23.1 Å². The summed E-state index contributed by atoms with van der Waals surface area (Å²) in [5, 5.41) is 15.9. The number of carbonyl (C=O) groups is 1. The molecule has 1 atom stereocenters. The van der Waals surface area contributed by atoms with Gasteiger partial charge in [-0.05, 0) is 31.0 Å². The van der Waals surface area contributed by atoms with Crippen molar-refractivity contribution in [1.82, 2.24) is 10.3 Å². The van der Waals surface area contributed by atoms with Crippen LogP contribution < -0.4 is 10.6 Å². The van der Waals surface area contributed by atoms with Gasteiger partial charge in [0.15, 0.2) is 0 Å². The summed E-state index contributed by atoms with van der Waals surface area (Å²) in [6.07, 6.45) is 2.24. The summed E-state index contributed by atoms with van der Waals surface area (Å²) >= 11 is 1.60. The first-order chi connectivity index (χ1) is 10.1. The minimum absolute atomic E-state index is 0.286. The Bertz CT molecular complexity index is 610. The number of hydrogen-bond acceptors (Lipinski definition) is 4. The fourth-order valence-corrected chi connectivity index (χ4v) is 2.60. The Kier molecular flexibility index (Phi) is 5.30. The lowest BCUT2D eigenvalue weighted by atomic mass is 10.1. The maximum absolute atomic E-state index is 11.8. The molecule has 1 heterocycles. The van der Waals surface area contributed by atoms with Gasteiger partial charge < -0.3 is 15.7 Å². The van der Waals surface area contributed by atoms with Crippen LogP contribution in [0, 0.1) is 0 Å².